The van der Waals surface area contributed by atoms with E-state index < -0.39 is 55.2 Å². The van der Waals surface area contributed by atoms with Crippen molar-refractivity contribution in [1.29, 1.82) is 0 Å². The van der Waals surface area contributed by atoms with Gasteiger partial charge in [0, 0.05) is 18.6 Å². The molecule has 1 saturated heterocycles. The number of hydrogen-bond donors (Lipinski definition) is 5. The van der Waals surface area contributed by atoms with Crippen molar-refractivity contribution in [3.8, 4) is 0 Å². The minimum atomic E-state index is -1.71. The number of H-pyrrole nitrogens is 3. The summed E-state index contributed by atoms with van der Waals surface area (Å²) in [7, 11) is 0. The van der Waals surface area contributed by atoms with Gasteiger partial charge in [-0.1, -0.05) is 0 Å². The van der Waals surface area contributed by atoms with Crippen LogP contribution >= 0.6 is 0 Å². The van der Waals surface area contributed by atoms with Crippen LogP contribution in [0.15, 0.2) is 55.0 Å². The van der Waals surface area contributed by atoms with E-state index in [0.717, 1.165) is 0 Å². The van der Waals surface area contributed by atoms with Crippen molar-refractivity contribution in [2.75, 3.05) is 6.61 Å². The molecule has 1 fully saturated rings. The Labute approximate surface area is 186 Å². The number of esters is 3. The summed E-state index contributed by atoms with van der Waals surface area (Å²) in [4.78, 5) is 44.9. The van der Waals surface area contributed by atoms with Crippen LogP contribution in [0.5, 0.6) is 0 Å². The number of carbonyl (C=O) groups excluding carboxylic acids is 3. The Hall–Kier alpha value is -3.87. The molecule has 174 valence electrons. The number of aromatic nitrogens is 3. The summed E-state index contributed by atoms with van der Waals surface area (Å²) in [5.74, 6) is -2.43. The average molecular weight is 459 g/mol. The van der Waals surface area contributed by atoms with Crippen molar-refractivity contribution in [1.82, 2.24) is 15.0 Å². The highest BCUT2D eigenvalue weighted by atomic mass is 16.7. The Balaban J connectivity index is 1.49. The summed E-state index contributed by atoms with van der Waals surface area (Å²) in [5.41, 5.74) is 0.338. The van der Waals surface area contributed by atoms with Crippen LogP contribution in [0.25, 0.3) is 0 Å². The van der Waals surface area contributed by atoms with Crippen LogP contribution in [0.1, 0.15) is 31.5 Å². The van der Waals surface area contributed by atoms with Crippen molar-refractivity contribution >= 4 is 17.9 Å². The first-order valence-corrected chi connectivity index (χ1v) is 9.95. The lowest BCUT2D eigenvalue weighted by molar-refractivity contribution is -0.284. The molecule has 4 heterocycles. The highest BCUT2D eigenvalue weighted by Crippen LogP contribution is 2.26. The standard InChI is InChI=1S/C21H21N3O9/c25-15-14(10-30-18(27)11-4-1-7-22-11)31-21(33-20(29)13-6-3-9-24-13)17(16(15)26)32-19(28)12-5-2-8-23-12/h1-9,14-17,21-26H,10H2. The summed E-state index contributed by atoms with van der Waals surface area (Å²) < 4.78 is 21.3. The maximum Gasteiger partial charge on any atom is 0.357 e. The number of carbonyl (C=O) groups is 3. The van der Waals surface area contributed by atoms with E-state index >= 15 is 0 Å². The van der Waals surface area contributed by atoms with Crippen LogP contribution < -0.4 is 0 Å². The summed E-state index contributed by atoms with van der Waals surface area (Å²) >= 11 is 0. The highest BCUT2D eigenvalue weighted by Gasteiger charge is 2.49. The fourth-order valence-electron chi connectivity index (χ4n) is 3.23. The first-order chi connectivity index (χ1) is 15.9. The number of aromatic amines is 3. The minimum absolute atomic E-state index is 0.0770. The number of hydrogen-bond acceptors (Lipinski definition) is 9. The molecule has 0 saturated carbocycles. The van der Waals surface area contributed by atoms with Crippen LogP contribution in [0.3, 0.4) is 0 Å². The number of nitrogens with one attached hydrogen (secondary N) is 3. The molecule has 5 unspecified atom stereocenters. The molecule has 12 heteroatoms. The molecule has 1 aliphatic rings. The van der Waals surface area contributed by atoms with E-state index in [1.807, 2.05) is 0 Å². The van der Waals surface area contributed by atoms with Gasteiger partial charge in [-0.25, -0.2) is 14.4 Å². The molecule has 33 heavy (non-hydrogen) atoms. The molecule has 3 aromatic heterocycles. The SMILES string of the molecule is O=C(OCC1OC(OC(=O)c2ccc[nH]2)C(OC(=O)c2ccc[nH]2)C(O)C1O)c1ccc[nH]1. The second-order valence-electron chi connectivity index (χ2n) is 7.15. The van der Waals surface area contributed by atoms with Crippen molar-refractivity contribution in [3.63, 3.8) is 0 Å². The van der Waals surface area contributed by atoms with Crippen LogP contribution in [-0.4, -0.2) is 80.4 Å². The third kappa shape index (κ3) is 4.98. The van der Waals surface area contributed by atoms with Gasteiger partial charge in [0.1, 0.15) is 42.0 Å². The van der Waals surface area contributed by atoms with Gasteiger partial charge in [0.2, 0.25) is 6.29 Å². The fraction of sp³-hybridized carbons (Fsp3) is 0.286. The van der Waals surface area contributed by atoms with E-state index in [2.05, 4.69) is 15.0 Å². The normalized spacial score (nSPS) is 24.7. The van der Waals surface area contributed by atoms with Gasteiger partial charge >= 0.3 is 17.9 Å². The van der Waals surface area contributed by atoms with Crippen LogP contribution in [-0.2, 0) is 18.9 Å². The summed E-state index contributed by atoms with van der Waals surface area (Å²) in [6, 6.07) is 9.13. The second kappa shape index (κ2) is 9.73. The number of rotatable bonds is 7. The van der Waals surface area contributed by atoms with Gasteiger partial charge in [0.05, 0.1) is 0 Å². The van der Waals surface area contributed by atoms with E-state index in [-0.39, 0.29) is 17.1 Å². The van der Waals surface area contributed by atoms with E-state index in [1.54, 1.807) is 18.2 Å². The molecule has 0 amide bonds. The van der Waals surface area contributed by atoms with Crippen molar-refractivity contribution in [2.24, 2.45) is 0 Å². The summed E-state index contributed by atoms with van der Waals surface area (Å²) in [6.07, 6.45) is -3.25. The zero-order chi connectivity index (χ0) is 23.4. The molecular weight excluding hydrogens is 438 g/mol. The van der Waals surface area contributed by atoms with Crippen LogP contribution in [0, 0.1) is 0 Å². The molecule has 3 aromatic rings. The topological polar surface area (TPSA) is 176 Å². The lowest BCUT2D eigenvalue weighted by Crippen LogP contribution is -2.61. The van der Waals surface area contributed by atoms with Gasteiger partial charge in [0.15, 0.2) is 6.10 Å². The van der Waals surface area contributed by atoms with E-state index in [4.69, 9.17) is 18.9 Å². The lowest BCUT2D eigenvalue weighted by atomic mass is 9.99. The third-order valence-corrected chi connectivity index (χ3v) is 4.94. The Morgan fingerprint density at radius 3 is 1.82 bits per heavy atom. The predicted octanol–water partition coefficient (Wildman–Crippen LogP) is 0.357. The van der Waals surface area contributed by atoms with E-state index in [1.165, 1.54) is 36.8 Å². The van der Waals surface area contributed by atoms with Crippen LogP contribution in [0.2, 0.25) is 0 Å². The van der Waals surface area contributed by atoms with Gasteiger partial charge in [-0.05, 0) is 36.4 Å². The quantitative estimate of drug-likeness (QED) is 0.247. The molecule has 5 N–H and O–H groups in total. The monoisotopic (exact) mass is 459 g/mol. The molecule has 0 radical (unpaired) electrons. The van der Waals surface area contributed by atoms with Gasteiger partial charge in [-0.2, -0.15) is 0 Å². The van der Waals surface area contributed by atoms with E-state index in [0.29, 0.717) is 0 Å². The third-order valence-electron chi connectivity index (χ3n) is 4.94. The zero-order valence-corrected chi connectivity index (χ0v) is 17.0. The Morgan fingerprint density at radius 1 is 0.788 bits per heavy atom. The molecule has 0 bridgehead atoms. The molecule has 0 aliphatic carbocycles. The summed E-state index contributed by atoms with van der Waals surface area (Å²) in [5, 5.41) is 21.2. The molecule has 12 nitrogen and oxygen atoms in total. The predicted molar refractivity (Wildman–Crippen MR) is 108 cm³/mol. The Bertz CT molecular complexity index is 1060. The second-order valence-corrected chi connectivity index (χ2v) is 7.15. The first-order valence-electron chi connectivity index (χ1n) is 9.95. The van der Waals surface area contributed by atoms with Crippen molar-refractivity contribution in [3.05, 3.63) is 72.1 Å². The van der Waals surface area contributed by atoms with Gasteiger partial charge in [0.25, 0.3) is 0 Å². The molecule has 4 rings (SSSR count). The first kappa shape index (κ1) is 22.3. The molecule has 0 aromatic carbocycles. The molecular formula is C21H21N3O9. The molecule has 5 atom stereocenters. The smallest absolute Gasteiger partial charge is 0.357 e. The van der Waals surface area contributed by atoms with Crippen LogP contribution in [0.4, 0.5) is 0 Å². The van der Waals surface area contributed by atoms with E-state index in [9.17, 15) is 24.6 Å². The molecule has 1 aliphatic heterocycles. The highest BCUT2D eigenvalue weighted by molar-refractivity contribution is 5.88. The van der Waals surface area contributed by atoms with Gasteiger partial charge in [-0.15, -0.1) is 0 Å². The zero-order valence-electron chi connectivity index (χ0n) is 17.0. The number of ether oxygens (including phenoxy) is 4. The van der Waals surface area contributed by atoms with Gasteiger partial charge < -0.3 is 44.1 Å². The Kier molecular flexibility index (Phi) is 6.58. The molecule has 0 spiro atoms. The van der Waals surface area contributed by atoms with Gasteiger partial charge in [-0.3, -0.25) is 0 Å². The van der Waals surface area contributed by atoms with Crippen molar-refractivity contribution < 1.29 is 43.5 Å². The largest absolute Gasteiger partial charge is 0.458 e. The average Bonchev–Trinajstić information content (AvgIpc) is 3.59. The number of aliphatic hydroxyl groups excluding tert-OH is 2. The summed E-state index contributed by atoms with van der Waals surface area (Å²) in [6.45, 7) is -0.468. The van der Waals surface area contributed by atoms with Crippen molar-refractivity contribution in [2.45, 2.75) is 30.7 Å². The fourth-order valence-corrected chi connectivity index (χ4v) is 3.23. The maximum atomic E-state index is 12.4. The maximum absolute atomic E-state index is 12.4. The number of aliphatic hydroxyl groups is 2. The Morgan fingerprint density at radius 2 is 1.30 bits per heavy atom. The minimum Gasteiger partial charge on any atom is -0.458 e. The lowest BCUT2D eigenvalue weighted by Gasteiger charge is -2.40.